The minimum Gasteiger partial charge on any atom is -0.455 e. The highest BCUT2D eigenvalue weighted by Gasteiger charge is 2.28. The van der Waals surface area contributed by atoms with Crippen LogP contribution in [0.4, 0.5) is 0 Å². The van der Waals surface area contributed by atoms with Crippen LogP contribution in [0.1, 0.15) is 90.1 Å². The molecule has 3 aromatic heterocycles. The van der Waals surface area contributed by atoms with Gasteiger partial charge < -0.3 is 13.3 Å². The van der Waals surface area contributed by atoms with Gasteiger partial charge in [-0.15, -0.1) is 0 Å². The fourth-order valence-electron chi connectivity index (χ4n) is 22.1. The van der Waals surface area contributed by atoms with Gasteiger partial charge in [-0.3, -0.25) is 0 Å². The molecule has 0 aliphatic carbocycles. The predicted molar refractivity (Wildman–Crippen MR) is 587 cm³/mol. The maximum atomic E-state index is 6.38. The Labute approximate surface area is 797 Å². The molecule has 0 fully saturated rings. The maximum absolute atomic E-state index is 6.38. The monoisotopic (exact) mass is 1760 g/mol. The number of rotatable bonds is 9. The molecule has 137 heavy (non-hydrogen) atoms. The van der Waals surface area contributed by atoms with Crippen molar-refractivity contribution in [3.05, 3.63) is 434 Å². The lowest BCUT2D eigenvalue weighted by molar-refractivity contribution is 0.591. The van der Waals surface area contributed by atoms with E-state index in [1.165, 1.54) is 192 Å². The molecule has 0 aliphatic heterocycles. The summed E-state index contributed by atoms with van der Waals surface area (Å²) < 4.78 is 19.1. The molecule has 0 radical (unpaired) electrons. The van der Waals surface area contributed by atoms with Gasteiger partial charge in [0.15, 0.2) is 0 Å². The molecular formula is C134H100O3. The van der Waals surface area contributed by atoms with E-state index in [9.17, 15) is 0 Å². The van der Waals surface area contributed by atoms with E-state index in [0.717, 1.165) is 99.2 Å². The topological polar surface area (TPSA) is 39.4 Å². The molecule has 3 nitrogen and oxygen atoms in total. The third kappa shape index (κ3) is 14.0. The van der Waals surface area contributed by atoms with E-state index in [4.69, 9.17) is 13.3 Å². The molecule has 3 heteroatoms. The van der Waals surface area contributed by atoms with E-state index in [1.54, 1.807) is 0 Å². The van der Waals surface area contributed by atoms with Crippen LogP contribution in [0.5, 0.6) is 0 Å². The maximum Gasteiger partial charge on any atom is 0.143 e. The zero-order valence-corrected chi connectivity index (χ0v) is 78.9. The molecule has 0 N–H and O–H groups in total. The van der Waals surface area contributed by atoms with E-state index < -0.39 is 0 Å². The fraction of sp³-hybridized carbons (Fsp3) is 0.104. The van der Waals surface area contributed by atoms with Gasteiger partial charge >= 0.3 is 0 Å². The van der Waals surface area contributed by atoms with Crippen LogP contribution in [0.2, 0.25) is 0 Å². The summed E-state index contributed by atoms with van der Waals surface area (Å²) in [5.74, 6) is 0. The zero-order chi connectivity index (χ0) is 92.6. The summed E-state index contributed by atoms with van der Waals surface area (Å²) >= 11 is 0. The molecule has 654 valence electrons. The van der Waals surface area contributed by atoms with Crippen LogP contribution in [0.25, 0.3) is 263 Å². The summed E-state index contributed by atoms with van der Waals surface area (Å²) in [5, 5.41) is 30.7. The van der Waals surface area contributed by atoms with Crippen molar-refractivity contribution in [1.29, 1.82) is 0 Å². The highest BCUT2D eigenvalue weighted by Crippen LogP contribution is 2.52. The molecule has 27 rings (SSSR count). The van der Waals surface area contributed by atoms with Gasteiger partial charge in [-0.2, -0.15) is 0 Å². The van der Waals surface area contributed by atoms with Gasteiger partial charge in [-0.05, 0) is 264 Å². The summed E-state index contributed by atoms with van der Waals surface area (Å²) in [5.41, 5.74) is 34.2. The van der Waals surface area contributed by atoms with Crippen LogP contribution < -0.4 is 0 Å². The first-order valence-corrected chi connectivity index (χ1v) is 48.1. The molecule has 27 aromatic rings. The normalized spacial score (nSPS) is 12.3. The van der Waals surface area contributed by atoms with Crippen LogP contribution in [0.3, 0.4) is 0 Å². The van der Waals surface area contributed by atoms with Crippen LogP contribution in [-0.2, 0) is 16.2 Å². The van der Waals surface area contributed by atoms with Crippen molar-refractivity contribution >= 4 is 163 Å². The fourth-order valence-corrected chi connectivity index (χ4v) is 22.1. The number of para-hydroxylation sites is 6. The SMILES string of the molecule is CC(C)(C)c1cc2ccc3c(-c4ccccc4)cc(-c4ccc(-c5cccc6c5oc5ccccc56)cc4)c4ccc(c1)c2c34.Cc1ccc(-c2cc(-c3ccc(-c4cccc5c4oc4ccccc45)cc3)c3ccc4cc(C(C)(C)C)cc5ccc2c3c54)cc1.Cc1cccc(-c2cc(-c3ccc(-c4cccc5c4oc4ccccc45)cc3)c3ccc4cc(C(C)(C)C)cc5ccc2c3c45)c1. The molecule has 24 aromatic carbocycles. The molecule has 3 heterocycles. The van der Waals surface area contributed by atoms with Gasteiger partial charge in [0.05, 0.1) is 0 Å². The molecule has 0 bridgehead atoms. The van der Waals surface area contributed by atoms with E-state index in [-0.39, 0.29) is 16.2 Å². The zero-order valence-electron chi connectivity index (χ0n) is 78.9. The lowest BCUT2D eigenvalue weighted by Gasteiger charge is -2.23. The first kappa shape index (κ1) is 82.7. The minimum absolute atomic E-state index is 0.0801. The average molecular weight is 1760 g/mol. The second-order valence-corrected chi connectivity index (χ2v) is 41.0. The van der Waals surface area contributed by atoms with Crippen LogP contribution in [0.15, 0.2) is 420 Å². The molecule has 0 saturated heterocycles. The number of aryl methyl sites for hydroxylation is 2. The van der Waals surface area contributed by atoms with Gasteiger partial charge in [-0.1, -0.05) is 443 Å². The van der Waals surface area contributed by atoms with Crippen molar-refractivity contribution in [3.8, 4) is 100 Å². The Morgan fingerprint density at radius 2 is 0.387 bits per heavy atom. The summed E-state index contributed by atoms with van der Waals surface area (Å²) in [6.45, 7) is 25.0. The first-order valence-electron chi connectivity index (χ1n) is 48.1. The third-order valence-corrected chi connectivity index (χ3v) is 29.3. The smallest absolute Gasteiger partial charge is 0.143 e. The van der Waals surface area contributed by atoms with Gasteiger partial charge in [-0.25, -0.2) is 0 Å². The summed E-state index contributed by atoms with van der Waals surface area (Å²) in [6.07, 6.45) is 0. The predicted octanol–water partition coefficient (Wildman–Crippen LogP) is 39.0. The van der Waals surface area contributed by atoms with Crippen molar-refractivity contribution in [2.45, 2.75) is 92.4 Å². The molecule has 0 atom stereocenters. The quantitative estimate of drug-likeness (QED) is 0.135. The second kappa shape index (κ2) is 31.7. The van der Waals surface area contributed by atoms with Gasteiger partial charge in [0.1, 0.15) is 33.5 Å². The lowest BCUT2D eigenvalue weighted by atomic mass is 9.81. The van der Waals surface area contributed by atoms with Gasteiger partial charge in [0.2, 0.25) is 0 Å². The van der Waals surface area contributed by atoms with Crippen molar-refractivity contribution in [2.75, 3.05) is 0 Å². The lowest BCUT2D eigenvalue weighted by Crippen LogP contribution is -2.10. The number of furan rings is 3. The first-order chi connectivity index (χ1) is 66.6. The number of hydrogen-bond acceptors (Lipinski definition) is 3. The largest absolute Gasteiger partial charge is 0.455 e. The van der Waals surface area contributed by atoms with E-state index >= 15 is 0 Å². The Morgan fingerprint density at radius 3 is 0.672 bits per heavy atom. The van der Waals surface area contributed by atoms with Crippen molar-refractivity contribution in [1.82, 2.24) is 0 Å². The Bertz CT molecular complexity index is 9430. The van der Waals surface area contributed by atoms with E-state index in [0.29, 0.717) is 0 Å². The molecule has 0 unspecified atom stereocenters. The Balaban J connectivity index is 0.000000109. The number of benzene rings is 24. The van der Waals surface area contributed by atoms with Crippen LogP contribution in [0, 0.1) is 13.8 Å². The molecule has 0 saturated carbocycles. The molecule has 0 spiro atoms. The van der Waals surface area contributed by atoms with E-state index in [1.807, 2.05) is 36.4 Å². The van der Waals surface area contributed by atoms with Gasteiger partial charge in [0, 0.05) is 49.0 Å². The van der Waals surface area contributed by atoms with Crippen LogP contribution in [-0.4, -0.2) is 0 Å². The highest BCUT2D eigenvalue weighted by molar-refractivity contribution is 6.32. The second-order valence-electron chi connectivity index (χ2n) is 41.0. The third-order valence-electron chi connectivity index (χ3n) is 29.3. The van der Waals surface area contributed by atoms with E-state index in [2.05, 4.69) is 446 Å². The molecule has 0 aliphatic rings. The van der Waals surface area contributed by atoms with Crippen molar-refractivity contribution < 1.29 is 13.3 Å². The molecular weight excluding hydrogens is 1660 g/mol. The summed E-state index contributed by atoms with van der Waals surface area (Å²) in [4.78, 5) is 0. The summed E-state index contributed by atoms with van der Waals surface area (Å²) in [7, 11) is 0. The average Bonchev–Trinajstić information content (AvgIpc) is 1.34. The van der Waals surface area contributed by atoms with Crippen molar-refractivity contribution in [3.63, 3.8) is 0 Å². The minimum atomic E-state index is 0.0801. The Morgan fingerprint density at radius 1 is 0.153 bits per heavy atom. The summed E-state index contributed by atoms with van der Waals surface area (Å²) in [6, 6.07) is 150. The van der Waals surface area contributed by atoms with Crippen molar-refractivity contribution in [2.24, 2.45) is 0 Å². The number of hydrogen-bond donors (Lipinski definition) is 0. The number of fused-ring (bicyclic) bond motifs is 9. The standard InChI is InChI=1S/2C45H34O.C44H32O/c1-27-9-7-10-30(23-27)40-26-39(36-21-19-31-24-33(45(2,3)4)25-32-20-22-37(40)43(36)42(31)32)29-17-15-28(16-18-29)34-12-8-13-38-35-11-5-6-14-41(35)46-44(34)38;1-27-12-14-29(15-13-27)39-26-40(37-23-21-32-25-33(45(2,3)4)24-31-20-22-36(39)43(37)42(31)32)30-18-16-28(17-19-30)34-9-7-10-38-35-8-5-6-11-41(35)46-44(34)38;1-44(2,3)32-24-30-20-22-35-38(27-10-5-4-6-11-27)26-39(36-23-21-31(25-32)41(30)42(35)36)29-18-16-28(17-19-29)33-13-9-14-37-34-12-7-8-15-40(34)45-43(33)37/h2*5-26H,1-4H3;4-26H,1-3H3. The Kier molecular flexibility index (Phi) is 19.2. The Hall–Kier alpha value is -16.2. The highest BCUT2D eigenvalue weighted by atomic mass is 16.3. The van der Waals surface area contributed by atoms with Crippen LogP contribution >= 0.6 is 0 Å². The molecule has 0 amide bonds. The van der Waals surface area contributed by atoms with Gasteiger partial charge in [0.25, 0.3) is 0 Å².